The van der Waals surface area contributed by atoms with E-state index >= 15 is 0 Å². The summed E-state index contributed by atoms with van der Waals surface area (Å²) >= 11 is 0. The van der Waals surface area contributed by atoms with Crippen molar-refractivity contribution in [1.29, 1.82) is 0 Å². The first-order chi connectivity index (χ1) is 9.00. The molecule has 0 radical (unpaired) electrons. The second kappa shape index (κ2) is 5.74. The van der Waals surface area contributed by atoms with E-state index < -0.39 is 0 Å². The van der Waals surface area contributed by atoms with E-state index in [0.717, 1.165) is 30.6 Å². The van der Waals surface area contributed by atoms with Crippen molar-refractivity contribution in [3.8, 4) is 0 Å². The lowest BCUT2D eigenvalue weighted by atomic mass is 10.00. The number of aryl methyl sites for hydroxylation is 1. The number of anilines is 1. The lowest BCUT2D eigenvalue weighted by molar-refractivity contribution is -0.119. The highest BCUT2D eigenvalue weighted by Gasteiger charge is 2.26. The molecule has 1 amide bonds. The normalized spacial score (nSPS) is 18.9. The van der Waals surface area contributed by atoms with Gasteiger partial charge in [0.15, 0.2) is 0 Å². The smallest absolute Gasteiger partial charge is 0.243 e. The topological polar surface area (TPSA) is 32.3 Å². The van der Waals surface area contributed by atoms with Gasteiger partial charge in [-0.05, 0) is 49.4 Å². The molecule has 0 aliphatic carbocycles. The zero-order valence-electron chi connectivity index (χ0n) is 12.4. The van der Waals surface area contributed by atoms with Crippen LogP contribution >= 0.6 is 0 Å². The fourth-order valence-corrected chi connectivity index (χ4v) is 2.59. The highest BCUT2D eigenvalue weighted by Crippen LogP contribution is 2.26. The summed E-state index contributed by atoms with van der Waals surface area (Å²) in [6.45, 7) is 7.37. The van der Waals surface area contributed by atoms with Crippen molar-refractivity contribution in [2.24, 2.45) is 0 Å². The van der Waals surface area contributed by atoms with E-state index in [1.165, 1.54) is 5.56 Å². The number of hydrogen-bond acceptors (Lipinski definition) is 2. The molecule has 1 aliphatic heterocycles. The number of carbonyl (C=O) groups excluding carboxylic acids is 1. The summed E-state index contributed by atoms with van der Waals surface area (Å²) in [5.74, 6) is 0.661. The minimum atomic E-state index is -0.00731. The predicted octanol–water partition coefficient (Wildman–Crippen LogP) is 2.83. The van der Waals surface area contributed by atoms with E-state index in [-0.39, 0.29) is 11.9 Å². The van der Waals surface area contributed by atoms with Crippen LogP contribution in [-0.4, -0.2) is 25.5 Å². The number of nitrogens with zero attached hydrogens (tertiary/aromatic N) is 1. The summed E-state index contributed by atoms with van der Waals surface area (Å²) in [6, 6.07) is 6.39. The minimum absolute atomic E-state index is 0.00731. The van der Waals surface area contributed by atoms with Crippen molar-refractivity contribution >= 4 is 11.6 Å². The van der Waals surface area contributed by atoms with Gasteiger partial charge >= 0.3 is 0 Å². The largest absolute Gasteiger partial charge is 0.314 e. The predicted molar refractivity (Wildman–Crippen MR) is 79.7 cm³/mol. The molecule has 3 heteroatoms. The van der Waals surface area contributed by atoms with E-state index in [9.17, 15) is 4.79 Å². The Labute approximate surface area is 116 Å². The van der Waals surface area contributed by atoms with Gasteiger partial charge in [-0.1, -0.05) is 26.0 Å². The zero-order chi connectivity index (χ0) is 14.0. The first-order valence-corrected chi connectivity index (χ1v) is 7.12. The van der Waals surface area contributed by atoms with E-state index in [2.05, 4.69) is 44.3 Å². The van der Waals surface area contributed by atoms with E-state index in [4.69, 9.17) is 0 Å². The summed E-state index contributed by atoms with van der Waals surface area (Å²) in [7, 11) is 1.88. The minimum Gasteiger partial charge on any atom is -0.314 e. The third-order valence-electron chi connectivity index (χ3n) is 3.95. The third-order valence-corrected chi connectivity index (χ3v) is 3.95. The molecular formula is C16H24N2O. The Morgan fingerprint density at radius 3 is 2.74 bits per heavy atom. The number of amides is 1. The Bertz CT molecular complexity index is 462. The molecule has 2 rings (SSSR count). The van der Waals surface area contributed by atoms with Crippen molar-refractivity contribution in [2.45, 2.75) is 45.6 Å². The van der Waals surface area contributed by atoms with Crippen LogP contribution in [0, 0.1) is 6.92 Å². The zero-order valence-corrected chi connectivity index (χ0v) is 12.4. The van der Waals surface area contributed by atoms with Crippen molar-refractivity contribution in [2.75, 3.05) is 18.5 Å². The molecule has 19 heavy (non-hydrogen) atoms. The van der Waals surface area contributed by atoms with Gasteiger partial charge in [0.25, 0.3) is 0 Å². The fraction of sp³-hybridized carbons (Fsp3) is 0.562. The standard InChI is InChI=1S/C16H24N2O/c1-11(2)13-8-7-12(3)15(10-13)18(4)16(19)14-6-5-9-17-14/h7-8,10-11,14,17H,5-6,9H2,1-4H3. The van der Waals surface area contributed by atoms with Crippen LogP contribution in [0.5, 0.6) is 0 Å². The van der Waals surface area contributed by atoms with Gasteiger partial charge in [0.05, 0.1) is 6.04 Å². The number of nitrogens with one attached hydrogen (secondary N) is 1. The molecule has 1 unspecified atom stereocenters. The molecule has 0 aromatic heterocycles. The Morgan fingerprint density at radius 1 is 1.42 bits per heavy atom. The molecule has 1 N–H and O–H groups in total. The number of hydrogen-bond donors (Lipinski definition) is 1. The Hall–Kier alpha value is -1.35. The molecule has 1 atom stereocenters. The monoisotopic (exact) mass is 260 g/mol. The van der Waals surface area contributed by atoms with E-state index in [1.807, 2.05) is 11.9 Å². The Kier molecular flexibility index (Phi) is 4.25. The van der Waals surface area contributed by atoms with Crippen LogP contribution in [0.4, 0.5) is 5.69 Å². The molecule has 1 heterocycles. The van der Waals surface area contributed by atoms with Crippen LogP contribution < -0.4 is 10.2 Å². The van der Waals surface area contributed by atoms with Crippen molar-refractivity contribution in [3.05, 3.63) is 29.3 Å². The van der Waals surface area contributed by atoms with Crippen LogP contribution in [-0.2, 0) is 4.79 Å². The van der Waals surface area contributed by atoms with Gasteiger partial charge in [-0.2, -0.15) is 0 Å². The molecule has 0 spiro atoms. The first kappa shape index (κ1) is 14.1. The Balaban J connectivity index is 2.24. The second-order valence-corrected chi connectivity index (χ2v) is 5.75. The molecule has 1 aliphatic rings. The molecule has 104 valence electrons. The van der Waals surface area contributed by atoms with Crippen molar-refractivity contribution in [3.63, 3.8) is 0 Å². The SMILES string of the molecule is Cc1ccc(C(C)C)cc1N(C)C(=O)C1CCCN1. The summed E-state index contributed by atoms with van der Waals surface area (Å²) in [6.07, 6.45) is 2.04. The first-order valence-electron chi connectivity index (χ1n) is 7.12. The lowest BCUT2D eigenvalue weighted by Gasteiger charge is -2.24. The maximum Gasteiger partial charge on any atom is 0.243 e. The summed E-state index contributed by atoms with van der Waals surface area (Å²) in [5, 5.41) is 3.27. The molecule has 3 nitrogen and oxygen atoms in total. The third kappa shape index (κ3) is 2.98. The Morgan fingerprint density at radius 2 is 2.16 bits per heavy atom. The average Bonchev–Trinajstić information content (AvgIpc) is 2.91. The lowest BCUT2D eigenvalue weighted by Crippen LogP contribution is -2.42. The fourth-order valence-electron chi connectivity index (χ4n) is 2.59. The molecule has 1 fully saturated rings. The quantitative estimate of drug-likeness (QED) is 0.906. The maximum absolute atomic E-state index is 12.4. The number of rotatable bonds is 3. The summed E-state index contributed by atoms with van der Waals surface area (Å²) < 4.78 is 0. The molecule has 1 aromatic rings. The van der Waals surface area contributed by atoms with Gasteiger partial charge in [0.2, 0.25) is 5.91 Å². The molecule has 0 saturated carbocycles. The highest BCUT2D eigenvalue weighted by molar-refractivity contribution is 5.97. The van der Waals surface area contributed by atoms with Gasteiger partial charge < -0.3 is 10.2 Å². The van der Waals surface area contributed by atoms with Gasteiger partial charge in [0.1, 0.15) is 0 Å². The van der Waals surface area contributed by atoms with E-state index in [1.54, 1.807) is 0 Å². The van der Waals surface area contributed by atoms with Crippen LogP contribution in [0.3, 0.4) is 0 Å². The van der Waals surface area contributed by atoms with Gasteiger partial charge in [-0.15, -0.1) is 0 Å². The van der Waals surface area contributed by atoms with Gasteiger partial charge in [0, 0.05) is 12.7 Å². The average molecular weight is 260 g/mol. The molecule has 1 saturated heterocycles. The molecule has 1 aromatic carbocycles. The highest BCUT2D eigenvalue weighted by atomic mass is 16.2. The number of likely N-dealkylation sites (N-methyl/N-ethyl adjacent to an activating group) is 1. The maximum atomic E-state index is 12.4. The van der Waals surface area contributed by atoms with Crippen LogP contribution in [0.1, 0.15) is 43.7 Å². The second-order valence-electron chi connectivity index (χ2n) is 5.75. The van der Waals surface area contributed by atoms with Gasteiger partial charge in [-0.25, -0.2) is 0 Å². The van der Waals surface area contributed by atoms with Crippen LogP contribution in [0.2, 0.25) is 0 Å². The number of carbonyl (C=O) groups is 1. The molecular weight excluding hydrogens is 236 g/mol. The summed E-state index contributed by atoms with van der Waals surface area (Å²) in [5.41, 5.74) is 3.46. The summed E-state index contributed by atoms with van der Waals surface area (Å²) in [4.78, 5) is 14.3. The van der Waals surface area contributed by atoms with E-state index in [0.29, 0.717) is 5.92 Å². The molecule has 0 bridgehead atoms. The van der Waals surface area contributed by atoms with Crippen LogP contribution in [0.25, 0.3) is 0 Å². The number of benzene rings is 1. The van der Waals surface area contributed by atoms with Crippen LogP contribution in [0.15, 0.2) is 18.2 Å². The van der Waals surface area contributed by atoms with Gasteiger partial charge in [-0.3, -0.25) is 4.79 Å². The van der Waals surface area contributed by atoms with Crippen molar-refractivity contribution < 1.29 is 4.79 Å². The van der Waals surface area contributed by atoms with Crippen molar-refractivity contribution in [1.82, 2.24) is 5.32 Å².